The molecule has 1 aromatic heterocycles. The molecule has 3 heterocycles. The van der Waals surface area contributed by atoms with E-state index in [1.54, 1.807) is 26.8 Å². The van der Waals surface area contributed by atoms with Crippen molar-refractivity contribution in [2.45, 2.75) is 108 Å². The van der Waals surface area contributed by atoms with Gasteiger partial charge in [-0.2, -0.15) is 5.10 Å². The van der Waals surface area contributed by atoms with Crippen molar-refractivity contribution < 1.29 is 64.8 Å². The zero-order valence-electron chi connectivity index (χ0n) is 33.1. The first-order valence-corrected chi connectivity index (χ1v) is 19.4. The molecule has 3 amide bonds. The maximum Gasteiger partial charge on any atom is 0.573 e. The number of hydrogen-bond acceptors (Lipinski definition) is 9. The van der Waals surface area contributed by atoms with Crippen molar-refractivity contribution in [3.63, 3.8) is 0 Å². The number of rotatable bonds is 7. The van der Waals surface area contributed by atoms with Gasteiger partial charge in [-0.1, -0.05) is 49.3 Å². The number of aliphatic carboxylic acids is 1. The average Bonchev–Trinajstić information content (AvgIpc) is 3.67. The molecular formula is C41H43F6N5O9. The van der Waals surface area contributed by atoms with E-state index in [-0.39, 0.29) is 48.1 Å². The lowest BCUT2D eigenvalue weighted by Crippen LogP contribution is -2.56. The van der Waals surface area contributed by atoms with Crippen LogP contribution in [0.25, 0.3) is 22.3 Å². The summed E-state index contributed by atoms with van der Waals surface area (Å²) in [5.74, 6) is -4.51. The fraction of sp³-hybridized carbons (Fsp3) is 0.463. The van der Waals surface area contributed by atoms with Crippen molar-refractivity contribution in [3.05, 3.63) is 77.2 Å². The van der Waals surface area contributed by atoms with E-state index in [2.05, 4.69) is 25.2 Å². The third-order valence-corrected chi connectivity index (χ3v) is 10.5. The quantitative estimate of drug-likeness (QED) is 0.167. The zero-order valence-corrected chi connectivity index (χ0v) is 33.1. The summed E-state index contributed by atoms with van der Waals surface area (Å²) in [6.45, 7) is 4.58. The molecule has 3 N–H and O–H groups in total. The Morgan fingerprint density at radius 2 is 1.49 bits per heavy atom. The molecule has 14 nitrogen and oxygen atoms in total. The first-order chi connectivity index (χ1) is 28.5. The first kappa shape index (κ1) is 44.5. The Morgan fingerprint density at radius 1 is 0.885 bits per heavy atom. The van der Waals surface area contributed by atoms with Gasteiger partial charge >= 0.3 is 24.8 Å². The van der Waals surface area contributed by atoms with Gasteiger partial charge in [-0.05, 0) is 81.8 Å². The van der Waals surface area contributed by atoms with E-state index in [9.17, 15) is 55.4 Å². The van der Waals surface area contributed by atoms with Crippen LogP contribution in [0.3, 0.4) is 0 Å². The Balaban J connectivity index is 1.42. The van der Waals surface area contributed by atoms with Crippen LogP contribution in [-0.2, 0) is 19.1 Å². The Hall–Kier alpha value is -6.08. The van der Waals surface area contributed by atoms with Crippen LogP contribution in [0.5, 0.6) is 11.5 Å². The summed E-state index contributed by atoms with van der Waals surface area (Å²) >= 11 is 0. The number of amides is 3. The van der Waals surface area contributed by atoms with Gasteiger partial charge in [-0.25, -0.2) is 14.3 Å². The smallest absolute Gasteiger partial charge is 0.479 e. The molecule has 5 atom stereocenters. The van der Waals surface area contributed by atoms with E-state index >= 15 is 0 Å². The van der Waals surface area contributed by atoms with Crippen LogP contribution < -0.4 is 25.7 Å². The molecule has 1 aliphatic carbocycles. The highest BCUT2D eigenvalue weighted by Crippen LogP contribution is 2.46. The van der Waals surface area contributed by atoms with Gasteiger partial charge in [0.25, 0.3) is 5.56 Å². The van der Waals surface area contributed by atoms with Gasteiger partial charge in [0, 0.05) is 24.4 Å². The van der Waals surface area contributed by atoms with Gasteiger partial charge in [0.1, 0.15) is 34.7 Å². The Morgan fingerprint density at radius 3 is 2.07 bits per heavy atom. The number of halogens is 6. The van der Waals surface area contributed by atoms with Crippen LogP contribution in [0.4, 0.5) is 31.1 Å². The normalized spacial score (nSPS) is 23.7. The molecule has 0 radical (unpaired) electrons. The van der Waals surface area contributed by atoms with Crippen LogP contribution >= 0.6 is 0 Å². The van der Waals surface area contributed by atoms with E-state index in [1.165, 1.54) is 30.5 Å². The number of aromatic nitrogens is 2. The van der Waals surface area contributed by atoms with Crippen molar-refractivity contribution in [2.75, 3.05) is 6.54 Å². The van der Waals surface area contributed by atoms with E-state index in [4.69, 9.17) is 4.74 Å². The number of benzene rings is 2. The highest BCUT2D eigenvalue weighted by atomic mass is 19.4. The summed E-state index contributed by atoms with van der Waals surface area (Å²) in [6, 6.07) is 5.06. The first-order valence-electron chi connectivity index (χ1n) is 19.4. The largest absolute Gasteiger partial charge is 0.573 e. The van der Waals surface area contributed by atoms with Gasteiger partial charge in [0.15, 0.2) is 0 Å². The lowest BCUT2D eigenvalue weighted by atomic mass is 9.97. The molecule has 0 unspecified atom stereocenters. The second-order valence-corrected chi connectivity index (χ2v) is 16.1. The highest BCUT2D eigenvalue weighted by molar-refractivity contribution is 5.96. The predicted molar refractivity (Wildman–Crippen MR) is 204 cm³/mol. The molecule has 3 aromatic rings. The number of carbonyl (C=O) groups excluding carboxylic acids is 3. The number of alkyl halides is 6. The fourth-order valence-electron chi connectivity index (χ4n) is 7.59. The molecule has 3 aliphatic rings. The van der Waals surface area contributed by atoms with Crippen molar-refractivity contribution in [2.24, 2.45) is 5.92 Å². The van der Waals surface area contributed by atoms with Crippen LogP contribution in [-0.4, -0.2) is 86.2 Å². The molecule has 0 spiro atoms. The second kappa shape index (κ2) is 17.1. The number of alkyl carbamates (subject to hydrolysis) is 1. The maximum atomic E-state index is 14.6. The van der Waals surface area contributed by atoms with Crippen molar-refractivity contribution in [1.29, 1.82) is 0 Å². The zero-order chi connectivity index (χ0) is 44.5. The Kier molecular flexibility index (Phi) is 12.5. The molecule has 2 fully saturated rings. The Bertz CT molecular complexity index is 2220. The maximum absolute atomic E-state index is 14.6. The minimum absolute atomic E-state index is 0.0563. The van der Waals surface area contributed by atoms with Gasteiger partial charge in [0.2, 0.25) is 11.8 Å². The monoisotopic (exact) mass is 863 g/mol. The molecule has 20 heteroatoms. The number of nitrogens with zero attached hydrogens (tertiary/aromatic N) is 3. The summed E-state index contributed by atoms with van der Waals surface area (Å²) in [4.78, 5) is 70.1. The molecule has 328 valence electrons. The lowest BCUT2D eigenvalue weighted by molar-refractivity contribution is -0.275. The fourth-order valence-corrected chi connectivity index (χ4v) is 7.59. The summed E-state index contributed by atoms with van der Waals surface area (Å²) in [5, 5.41) is 19.8. The molecule has 1 saturated heterocycles. The van der Waals surface area contributed by atoms with Crippen LogP contribution in [0.2, 0.25) is 0 Å². The third-order valence-electron chi connectivity index (χ3n) is 10.5. The summed E-state index contributed by atoms with van der Waals surface area (Å²) in [6.07, 6.45) is -3.66. The van der Waals surface area contributed by atoms with Gasteiger partial charge < -0.3 is 34.9 Å². The number of carbonyl (C=O) groups is 4. The van der Waals surface area contributed by atoms with Gasteiger partial charge in [-0.15, -0.1) is 26.3 Å². The number of ether oxygens (including phenoxy) is 3. The average molecular weight is 864 g/mol. The summed E-state index contributed by atoms with van der Waals surface area (Å²) in [7, 11) is 0. The molecular weight excluding hydrogens is 820 g/mol. The van der Waals surface area contributed by atoms with E-state index in [1.807, 2.05) is 6.08 Å². The third kappa shape index (κ3) is 10.8. The van der Waals surface area contributed by atoms with Crippen LogP contribution in [0.15, 0.2) is 71.7 Å². The van der Waals surface area contributed by atoms with Crippen LogP contribution in [0.1, 0.15) is 71.8 Å². The number of allylic oxidation sites excluding steroid dienone is 1. The van der Waals surface area contributed by atoms with E-state index < -0.39 is 88.8 Å². The standard InChI is InChI=1S/C41H43F6N5O9/c1-38(2,3)61-37(58)49-30-10-8-6-4-5-7-9-25-20-39(25,36(56)57)50-33(53)31-19-26(22-51(31)34(30)54)52-35(55)32(24-13-17-28(18-14-24)60-41(45,46)47)29(21-48-52)23-11-15-27(16-12-23)59-40(42,43)44/h7,9,11-18,21,25-26,30-31H,4-6,8,10,19-20,22H2,1-3H3,(H,49,58)(H,50,53)(H,56,57)/t25-,26-,30+,31+,39-/m1/s1. The number of hydrogen-bond donors (Lipinski definition) is 3. The SMILES string of the molecule is CC(C)(C)OC(=O)N[C@H]1CCCCCC=C[C@@H]2C[C@@]2(C(=O)O)NC(=O)[C@@H]2C[C@@H](n3ncc(-c4ccc(OC(F)(F)F)cc4)c(-c4ccc(OC(F)(F)F)cc4)c3=O)CN2C1=O. The van der Waals surface area contributed by atoms with Crippen molar-refractivity contribution in [3.8, 4) is 33.8 Å². The molecule has 2 aliphatic heterocycles. The van der Waals surface area contributed by atoms with Crippen LogP contribution in [0, 0.1) is 5.92 Å². The number of carboxylic acid groups (broad SMARTS) is 1. The summed E-state index contributed by atoms with van der Waals surface area (Å²) in [5.41, 5.74) is -3.29. The minimum Gasteiger partial charge on any atom is -0.479 e. The molecule has 2 aromatic carbocycles. The molecule has 61 heavy (non-hydrogen) atoms. The summed E-state index contributed by atoms with van der Waals surface area (Å²) < 4.78 is 92.1. The van der Waals surface area contributed by atoms with Gasteiger partial charge in [0.05, 0.1) is 17.8 Å². The second-order valence-electron chi connectivity index (χ2n) is 16.1. The lowest BCUT2D eigenvalue weighted by Gasteiger charge is -2.30. The number of carboxylic acids is 1. The van der Waals surface area contributed by atoms with E-state index in [0.29, 0.717) is 25.7 Å². The number of fused-ring (bicyclic) bond motifs is 2. The number of nitrogens with one attached hydrogen (secondary N) is 2. The Labute approximate surface area is 344 Å². The van der Waals surface area contributed by atoms with Crippen molar-refractivity contribution >= 4 is 23.9 Å². The van der Waals surface area contributed by atoms with E-state index in [0.717, 1.165) is 33.8 Å². The molecule has 1 saturated carbocycles. The van der Waals surface area contributed by atoms with Gasteiger partial charge in [-0.3, -0.25) is 14.4 Å². The predicted octanol–water partition coefficient (Wildman–Crippen LogP) is 6.89. The van der Waals surface area contributed by atoms with Crippen molar-refractivity contribution in [1.82, 2.24) is 25.3 Å². The minimum atomic E-state index is -5.02. The highest BCUT2D eigenvalue weighted by Gasteiger charge is 2.61. The molecule has 6 rings (SSSR count). The topological polar surface area (TPSA) is 178 Å². The molecule has 0 bridgehead atoms.